The molecule has 0 saturated carbocycles. The molecule has 2 aliphatic rings. The van der Waals surface area contributed by atoms with E-state index in [2.05, 4.69) is 20.2 Å². The molecule has 1 saturated heterocycles. The maximum absolute atomic E-state index is 13.1. The van der Waals surface area contributed by atoms with E-state index in [9.17, 15) is 13.2 Å². The second-order valence-corrected chi connectivity index (χ2v) is 7.42. The molecule has 2 heterocycles. The van der Waals surface area contributed by atoms with Crippen molar-refractivity contribution in [1.82, 2.24) is 9.97 Å². The van der Waals surface area contributed by atoms with E-state index in [1.54, 1.807) is 0 Å². The Balaban J connectivity index is 0.00000160. The average molecular weight is 465 g/mol. The second-order valence-electron chi connectivity index (χ2n) is 7.42. The maximum atomic E-state index is 13.1. The lowest BCUT2D eigenvalue weighted by molar-refractivity contribution is -0.136. The number of rotatable bonds is 3. The maximum Gasteiger partial charge on any atom is 0.418 e. The minimum absolute atomic E-state index is 0. The van der Waals surface area contributed by atoms with Crippen molar-refractivity contribution in [2.24, 2.45) is 5.73 Å². The van der Waals surface area contributed by atoms with Gasteiger partial charge < -0.3 is 21.7 Å². The number of nitrogens with zero attached hydrogens (tertiary/aromatic N) is 3. The van der Waals surface area contributed by atoms with Crippen LogP contribution in [-0.4, -0.2) is 29.1 Å². The highest BCUT2D eigenvalue weighted by Gasteiger charge is 2.33. The number of fused-ring (bicyclic) bond motifs is 1. The number of halogens is 5. The van der Waals surface area contributed by atoms with E-state index in [1.807, 2.05) is 0 Å². The van der Waals surface area contributed by atoms with E-state index in [1.165, 1.54) is 12.1 Å². The summed E-state index contributed by atoms with van der Waals surface area (Å²) in [5.41, 5.74) is 12.7. The zero-order valence-corrected chi connectivity index (χ0v) is 17.8. The molecule has 1 aliphatic carbocycles. The van der Waals surface area contributed by atoms with Crippen LogP contribution in [0.4, 0.5) is 36.3 Å². The molecule has 5 N–H and O–H groups in total. The van der Waals surface area contributed by atoms with E-state index >= 15 is 0 Å². The SMILES string of the molecule is Cl.Cl.Nc1ccc(Nc2nc3c(c(N4CCC(N)C4)n2)CCCC3)cc1C(F)(F)F. The predicted octanol–water partition coefficient (Wildman–Crippen LogP) is 4.08. The standard InChI is InChI=1S/C19H23F3N6.2ClH/c20-19(21,22)14-9-12(5-6-15(14)24)25-18-26-16-4-2-1-3-13(16)17(27-18)28-8-7-11(23)10-28;;/h5-6,9,11H,1-4,7-8,10,23-24H2,(H,25,26,27);2*1H. The van der Waals surface area contributed by atoms with Gasteiger partial charge in [0.15, 0.2) is 0 Å². The summed E-state index contributed by atoms with van der Waals surface area (Å²) in [6.07, 6.45) is 0.265. The van der Waals surface area contributed by atoms with Crippen molar-refractivity contribution in [3.8, 4) is 0 Å². The van der Waals surface area contributed by atoms with Gasteiger partial charge in [-0.05, 0) is 50.3 Å². The van der Waals surface area contributed by atoms with Gasteiger partial charge in [-0.15, -0.1) is 24.8 Å². The number of nitrogens with one attached hydrogen (secondary N) is 1. The van der Waals surface area contributed by atoms with Gasteiger partial charge >= 0.3 is 6.18 Å². The summed E-state index contributed by atoms with van der Waals surface area (Å²) in [7, 11) is 0. The zero-order chi connectivity index (χ0) is 19.9. The lowest BCUT2D eigenvalue weighted by Crippen LogP contribution is -2.29. The number of anilines is 4. The number of hydrogen-bond donors (Lipinski definition) is 3. The quantitative estimate of drug-likeness (QED) is 0.592. The van der Waals surface area contributed by atoms with Gasteiger partial charge in [0.1, 0.15) is 5.82 Å². The van der Waals surface area contributed by atoms with Crippen LogP contribution < -0.4 is 21.7 Å². The predicted molar refractivity (Wildman–Crippen MR) is 117 cm³/mol. The highest BCUT2D eigenvalue weighted by molar-refractivity contribution is 5.85. The third kappa shape index (κ3) is 5.01. The minimum Gasteiger partial charge on any atom is -0.398 e. The molecule has 1 atom stereocenters. The van der Waals surface area contributed by atoms with Crippen molar-refractivity contribution < 1.29 is 13.2 Å². The third-order valence-electron chi connectivity index (χ3n) is 5.30. The van der Waals surface area contributed by atoms with Gasteiger partial charge in [0, 0.05) is 36.1 Å². The molecular weight excluding hydrogens is 440 g/mol. The molecule has 1 unspecified atom stereocenters. The first kappa shape index (κ1) is 24.3. The Bertz CT molecular complexity index is 893. The fourth-order valence-corrected chi connectivity index (χ4v) is 3.88. The van der Waals surface area contributed by atoms with Crippen LogP contribution in [-0.2, 0) is 19.0 Å². The molecule has 0 spiro atoms. The average Bonchev–Trinajstić information content (AvgIpc) is 3.08. The third-order valence-corrected chi connectivity index (χ3v) is 5.30. The summed E-state index contributed by atoms with van der Waals surface area (Å²) in [6.45, 7) is 1.55. The molecule has 2 aromatic rings. The molecule has 0 amide bonds. The molecule has 6 nitrogen and oxygen atoms in total. The number of benzene rings is 1. The Hall–Kier alpha value is -1.97. The van der Waals surface area contributed by atoms with Crippen LogP contribution in [0.15, 0.2) is 18.2 Å². The van der Waals surface area contributed by atoms with Gasteiger partial charge in [0.25, 0.3) is 0 Å². The Morgan fingerprint density at radius 3 is 2.50 bits per heavy atom. The van der Waals surface area contributed by atoms with Gasteiger partial charge in [-0.2, -0.15) is 18.2 Å². The van der Waals surface area contributed by atoms with Crippen molar-refractivity contribution in [1.29, 1.82) is 0 Å². The Kier molecular flexibility index (Phi) is 7.65. The Morgan fingerprint density at radius 1 is 1.10 bits per heavy atom. The van der Waals surface area contributed by atoms with E-state index in [-0.39, 0.29) is 42.2 Å². The largest absolute Gasteiger partial charge is 0.418 e. The first-order valence-corrected chi connectivity index (χ1v) is 9.45. The van der Waals surface area contributed by atoms with E-state index < -0.39 is 11.7 Å². The van der Waals surface area contributed by atoms with Gasteiger partial charge in [0.05, 0.1) is 11.3 Å². The van der Waals surface area contributed by atoms with Crippen molar-refractivity contribution >= 4 is 48.0 Å². The lowest BCUT2D eigenvalue weighted by atomic mass is 9.96. The zero-order valence-electron chi connectivity index (χ0n) is 16.2. The number of aryl methyl sites for hydroxylation is 1. The highest BCUT2D eigenvalue weighted by atomic mass is 35.5. The fourth-order valence-electron chi connectivity index (χ4n) is 3.88. The van der Waals surface area contributed by atoms with Crippen LogP contribution in [0.3, 0.4) is 0 Å². The normalized spacial score (nSPS) is 18.3. The minimum atomic E-state index is -4.52. The van der Waals surface area contributed by atoms with Crippen LogP contribution in [0.25, 0.3) is 0 Å². The molecular formula is C19H25Cl2F3N6. The van der Waals surface area contributed by atoms with Gasteiger partial charge in [-0.25, -0.2) is 4.98 Å². The molecule has 1 aromatic carbocycles. The molecule has 11 heteroatoms. The van der Waals surface area contributed by atoms with Crippen molar-refractivity contribution in [3.63, 3.8) is 0 Å². The van der Waals surface area contributed by atoms with Gasteiger partial charge in [0.2, 0.25) is 5.95 Å². The number of alkyl halides is 3. The van der Waals surface area contributed by atoms with Crippen LogP contribution in [0.5, 0.6) is 0 Å². The van der Waals surface area contributed by atoms with Crippen LogP contribution in [0.1, 0.15) is 36.1 Å². The topological polar surface area (TPSA) is 93.1 Å². The molecule has 1 aliphatic heterocycles. The molecule has 4 rings (SSSR count). The Morgan fingerprint density at radius 2 is 1.83 bits per heavy atom. The van der Waals surface area contributed by atoms with Crippen molar-refractivity contribution in [3.05, 3.63) is 35.0 Å². The monoisotopic (exact) mass is 464 g/mol. The summed E-state index contributed by atoms with van der Waals surface area (Å²) < 4.78 is 39.4. The number of aromatic nitrogens is 2. The van der Waals surface area contributed by atoms with Crippen LogP contribution in [0, 0.1) is 0 Å². The number of nitrogen functional groups attached to an aromatic ring is 1. The van der Waals surface area contributed by atoms with E-state index in [4.69, 9.17) is 11.5 Å². The second kappa shape index (κ2) is 9.45. The summed E-state index contributed by atoms with van der Waals surface area (Å²) in [4.78, 5) is 11.4. The van der Waals surface area contributed by atoms with Gasteiger partial charge in [-0.3, -0.25) is 0 Å². The smallest absolute Gasteiger partial charge is 0.398 e. The van der Waals surface area contributed by atoms with Crippen molar-refractivity contribution in [2.45, 2.75) is 44.3 Å². The summed E-state index contributed by atoms with van der Waals surface area (Å²) >= 11 is 0. The Labute approximate surface area is 185 Å². The van der Waals surface area contributed by atoms with E-state index in [0.717, 1.165) is 68.3 Å². The molecule has 1 aromatic heterocycles. The van der Waals surface area contributed by atoms with Crippen LogP contribution >= 0.6 is 24.8 Å². The summed E-state index contributed by atoms with van der Waals surface area (Å²) in [5.74, 6) is 1.15. The first-order chi connectivity index (χ1) is 13.3. The summed E-state index contributed by atoms with van der Waals surface area (Å²) in [5, 5.41) is 2.93. The first-order valence-electron chi connectivity index (χ1n) is 9.45. The highest BCUT2D eigenvalue weighted by Crippen LogP contribution is 2.36. The van der Waals surface area contributed by atoms with E-state index in [0.29, 0.717) is 5.95 Å². The number of nitrogens with two attached hydrogens (primary N) is 2. The van der Waals surface area contributed by atoms with Crippen molar-refractivity contribution in [2.75, 3.05) is 29.0 Å². The molecule has 30 heavy (non-hydrogen) atoms. The molecule has 1 fully saturated rings. The van der Waals surface area contributed by atoms with Gasteiger partial charge in [-0.1, -0.05) is 0 Å². The number of hydrogen-bond acceptors (Lipinski definition) is 6. The molecule has 166 valence electrons. The molecule has 0 bridgehead atoms. The lowest BCUT2D eigenvalue weighted by Gasteiger charge is -2.25. The summed E-state index contributed by atoms with van der Waals surface area (Å²) in [6, 6.07) is 3.84. The fraction of sp³-hybridized carbons (Fsp3) is 0.474. The van der Waals surface area contributed by atoms with Crippen LogP contribution in [0.2, 0.25) is 0 Å². The molecule has 0 radical (unpaired) electrons.